The standard InChI is InChI=1S/C15H15ClN4O3/c1-15(13(21)17-6-8-20-7-2-5-18-20)14(22)19-11-9-10(16)3-4-12(11)23-15/h2-5,7,9H,6,8H2,1H3,(H,17,21)(H,19,22)/t15-/m1/s1. The molecule has 1 aliphatic heterocycles. The Morgan fingerprint density at radius 3 is 3.09 bits per heavy atom. The minimum absolute atomic E-state index is 0.334. The molecule has 1 aliphatic rings. The third-order valence-electron chi connectivity index (χ3n) is 3.56. The van der Waals surface area contributed by atoms with E-state index in [1.165, 1.54) is 6.92 Å². The zero-order valence-electron chi connectivity index (χ0n) is 12.4. The summed E-state index contributed by atoms with van der Waals surface area (Å²) in [5, 5.41) is 9.85. The van der Waals surface area contributed by atoms with Crippen LogP contribution in [0.2, 0.25) is 5.02 Å². The normalized spacial score (nSPS) is 19.5. The van der Waals surface area contributed by atoms with Gasteiger partial charge in [0, 0.05) is 24.0 Å². The Morgan fingerprint density at radius 2 is 2.35 bits per heavy atom. The molecule has 0 unspecified atom stereocenters. The highest BCUT2D eigenvalue weighted by Crippen LogP contribution is 2.35. The Hall–Kier alpha value is -2.54. The van der Waals surface area contributed by atoms with Crippen molar-refractivity contribution < 1.29 is 14.3 Å². The zero-order valence-corrected chi connectivity index (χ0v) is 13.1. The number of halogens is 1. The van der Waals surface area contributed by atoms with Gasteiger partial charge >= 0.3 is 0 Å². The van der Waals surface area contributed by atoms with Crippen LogP contribution in [0.4, 0.5) is 5.69 Å². The second kappa shape index (κ2) is 5.92. The van der Waals surface area contributed by atoms with E-state index in [9.17, 15) is 9.59 Å². The Balaban J connectivity index is 1.69. The number of anilines is 1. The van der Waals surface area contributed by atoms with Crippen LogP contribution in [0.5, 0.6) is 5.75 Å². The molecule has 0 bridgehead atoms. The number of carbonyl (C=O) groups is 2. The SMILES string of the molecule is C[C@]1(C(=O)NCCn2cccn2)Oc2ccc(Cl)cc2NC1=O. The molecule has 0 aliphatic carbocycles. The molecule has 7 nitrogen and oxygen atoms in total. The molecule has 0 saturated heterocycles. The smallest absolute Gasteiger partial charge is 0.278 e. The predicted molar refractivity (Wildman–Crippen MR) is 84.4 cm³/mol. The van der Waals surface area contributed by atoms with E-state index in [4.69, 9.17) is 16.3 Å². The Morgan fingerprint density at radius 1 is 1.52 bits per heavy atom. The average Bonchev–Trinajstić information content (AvgIpc) is 3.02. The van der Waals surface area contributed by atoms with Gasteiger partial charge in [0.05, 0.1) is 12.2 Å². The fourth-order valence-corrected chi connectivity index (χ4v) is 2.40. The summed E-state index contributed by atoms with van der Waals surface area (Å²) in [6, 6.07) is 6.62. The van der Waals surface area contributed by atoms with Gasteiger partial charge in [-0.15, -0.1) is 0 Å². The van der Waals surface area contributed by atoms with Crippen LogP contribution in [0.15, 0.2) is 36.7 Å². The van der Waals surface area contributed by atoms with Gasteiger partial charge in [-0.3, -0.25) is 14.3 Å². The molecule has 2 aromatic rings. The molecule has 2 amide bonds. The molecule has 0 radical (unpaired) electrons. The molecular weight excluding hydrogens is 320 g/mol. The minimum Gasteiger partial charge on any atom is -0.466 e. The van der Waals surface area contributed by atoms with Crippen molar-refractivity contribution in [3.05, 3.63) is 41.7 Å². The molecule has 1 aromatic heterocycles. The van der Waals surface area contributed by atoms with Crippen LogP contribution in [0.1, 0.15) is 6.92 Å². The summed E-state index contributed by atoms with van der Waals surface area (Å²) < 4.78 is 7.31. The van der Waals surface area contributed by atoms with Gasteiger partial charge < -0.3 is 15.4 Å². The lowest BCUT2D eigenvalue weighted by atomic mass is 10.0. The van der Waals surface area contributed by atoms with E-state index >= 15 is 0 Å². The number of carbonyl (C=O) groups excluding carboxylic acids is 2. The van der Waals surface area contributed by atoms with Crippen molar-refractivity contribution >= 4 is 29.1 Å². The minimum atomic E-state index is -1.63. The second-order valence-corrected chi connectivity index (χ2v) is 5.69. The van der Waals surface area contributed by atoms with Crippen molar-refractivity contribution in [3.63, 3.8) is 0 Å². The van der Waals surface area contributed by atoms with Gasteiger partial charge in [0.1, 0.15) is 5.75 Å². The lowest BCUT2D eigenvalue weighted by Crippen LogP contribution is -2.59. The number of rotatable bonds is 4. The fraction of sp³-hybridized carbons (Fsp3) is 0.267. The average molecular weight is 335 g/mol. The van der Waals surface area contributed by atoms with E-state index in [0.29, 0.717) is 29.5 Å². The number of aromatic nitrogens is 2. The van der Waals surface area contributed by atoms with Gasteiger partial charge in [0.2, 0.25) is 0 Å². The summed E-state index contributed by atoms with van der Waals surface area (Å²) in [6.45, 7) is 2.27. The van der Waals surface area contributed by atoms with Gasteiger partial charge in [0.15, 0.2) is 0 Å². The molecule has 0 fully saturated rings. The first-order chi connectivity index (χ1) is 11.0. The van der Waals surface area contributed by atoms with Crippen molar-refractivity contribution in [2.24, 2.45) is 0 Å². The van der Waals surface area contributed by atoms with Crippen LogP contribution >= 0.6 is 11.6 Å². The molecule has 120 valence electrons. The van der Waals surface area contributed by atoms with E-state index in [0.717, 1.165) is 0 Å². The summed E-state index contributed by atoms with van der Waals surface area (Å²) in [6.07, 6.45) is 3.45. The predicted octanol–water partition coefficient (Wildman–Crippen LogP) is 1.44. The maximum Gasteiger partial charge on any atom is 0.278 e. The number of benzene rings is 1. The summed E-state index contributed by atoms with van der Waals surface area (Å²) >= 11 is 5.88. The molecule has 1 aromatic carbocycles. The molecule has 0 saturated carbocycles. The highest BCUT2D eigenvalue weighted by molar-refractivity contribution is 6.31. The van der Waals surface area contributed by atoms with Crippen LogP contribution in [-0.4, -0.2) is 33.7 Å². The molecule has 1 atom stereocenters. The number of fused-ring (bicyclic) bond motifs is 1. The van der Waals surface area contributed by atoms with Crippen LogP contribution in [-0.2, 0) is 16.1 Å². The maximum atomic E-state index is 12.4. The van der Waals surface area contributed by atoms with E-state index in [1.54, 1.807) is 41.3 Å². The van der Waals surface area contributed by atoms with Crippen molar-refractivity contribution in [3.8, 4) is 5.75 Å². The quantitative estimate of drug-likeness (QED) is 0.829. The zero-order chi connectivity index (χ0) is 16.4. The lowest BCUT2D eigenvalue weighted by molar-refractivity contribution is -0.146. The van der Waals surface area contributed by atoms with Gasteiger partial charge in [-0.05, 0) is 31.2 Å². The van der Waals surface area contributed by atoms with Gasteiger partial charge in [-0.25, -0.2) is 0 Å². The Labute approximate surface area is 137 Å². The first kappa shape index (κ1) is 15.4. The molecule has 8 heteroatoms. The van der Waals surface area contributed by atoms with E-state index < -0.39 is 17.4 Å². The van der Waals surface area contributed by atoms with Crippen molar-refractivity contribution in [2.45, 2.75) is 19.1 Å². The van der Waals surface area contributed by atoms with Gasteiger partial charge in [-0.1, -0.05) is 11.6 Å². The topological polar surface area (TPSA) is 85.2 Å². The number of nitrogens with zero attached hydrogens (tertiary/aromatic N) is 2. The number of ether oxygens (including phenoxy) is 1. The van der Waals surface area contributed by atoms with Gasteiger partial charge in [-0.2, -0.15) is 5.10 Å². The number of hydrogen-bond acceptors (Lipinski definition) is 4. The molecule has 2 N–H and O–H groups in total. The molecular formula is C15H15ClN4O3. The lowest BCUT2D eigenvalue weighted by Gasteiger charge is -2.33. The summed E-state index contributed by atoms with van der Waals surface area (Å²) in [7, 11) is 0. The first-order valence-corrected chi connectivity index (χ1v) is 7.42. The highest BCUT2D eigenvalue weighted by Gasteiger charge is 2.47. The largest absolute Gasteiger partial charge is 0.466 e. The second-order valence-electron chi connectivity index (χ2n) is 5.25. The van der Waals surface area contributed by atoms with Crippen LogP contribution in [0.3, 0.4) is 0 Å². The monoisotopic (exact) mass is 334 g/mol. The fourth-order valence-electron chi connectivity index (χ4n) is 2.23. The third-order valence-corrected chi connectivity index (χ3v) is 3.79. The molecule has 23 heavy (non-hydrogen) atoms. The van der Waals surface area contributed by atoms with Crippen LogP contribution in [0.25, 0.3) is 0 Å². The molecule has 3 rings (SSSR count). The number of hydrogen-bond donors (Lipinski definition) is 2. The number of amides is 2. The summed E-state index contributed by atoms with van der Waals surface area (Å²) in [5.74, 6) is -0.648. The van der Waals surface area contributed by atoms with Crippen molar-refractivity contribution in [2.75, 3.05) is 11.9 Å². The van der Waals surface area contributed by atoms with E-state index in [-0.39, 0.29) is 0 Å². The Bertz CT molecular complexity index is 747. The van der Waals surface area contributed by atoms with Gasteiger partial charge in [0.25, 0.3) is 17.4 Å². The van der Waals surface area contributed by atoms with E-state index in [2.05, 4.69) is 15.7 Å². The highest BCUT2D eigenvalue weighted by atomic mass is 35.5. The summed E-state index contributed by atoms with van der Waals surface area (Å²) in [5.41, 5.74) is -1.19. The third kappa shape index (κ3) is 3.00. The van der Waals surface area contributed by atoms with Crippen LogP contribution < -0.4 is 15.4 Å². The molecule has 2 heterocycles. The number of nitrogens with one attached hydrogen (secondary N) is 2. The van der Waals surface area contributed by atoms with Crippen molar-refractivity contribution in [1.82, 2.24) is 15.1 Å². The van der Waals surface area contributed by atoms with Crippen LogP contribution in [0, 0.1) is 0 Å². The Kier molecular flexibility index (Phi) is 3.96. The molecule has 0 spiro atoms. The van der Waals surface area contributed by atoms with Crippen molar-refractivity contribution in [1.29, 1.82) is 0 Å². The maximum absolute atomic E-state index is 12.4. The first-order valence-electron chi connectivity index (χ1n) is 7.05. The van der Waals surface area contributed by atoms with E-state index in [1.807, 2.05) is 0 Å². The summed E-state index contributed by atoms with van der Waals surface area (Å²) in [4.78, 5) is 24.6.